The molecule has 1 aliphatic heterocycles. The van der Waals surface area contributed by atoms with E-state index in [9.17, 15) is 9.18 Å². The third-order valence-electron chi connectivity index (χ3n) is 7.53. The molecule has 0 radical (unpaired) electrons. The second-order valence-electron chi connectivity index (χ2n) is 10.4. The number of benzene rings is 2. The van der Waals surface area contributed by atoms with Gasteiger partial charge in [0.05, 0.1) is 35.4 Å². The number of anilines is 1. The molecule has 5 aromatic rings. The van der Waals surface area contributed by atoms with Gasteiger partial charge in [0.2, 0.25) is 11.8 Å². The molecule has 1 saturated heterocycles. The van der Waals surface area contributed by atoms with Crippen LogP contribution in [0, 0.1) is 17.1 Å². The third kappa shape index (κ3) is 6.38. The molecule has 12 heteroatoms. The molecule has 1 N–H and O–H groups in total. The van der Waals surface area contributed by atoms with E-state index in [1.807, 2.05) is 37.3 Å². The smallest absolute Gasteiger partial charge is 0.251 e. The van der Waals surface area contributed by atoms with Gasteiger partial charge in [-0.05, 0) is 43.3 Å². The number of imidazole rings is 1. The molecule has 0 bridgehead atoms. The lowest BCUT2D eigenvalue weighted by Gasteiger charge is -2.35. The standard InChI is InChI=1S/C32H31FN8O3/c1-2-35-32(42)23-8-9-26-27(17-23)41(20-31-36-10-15-43-31)29(37-26)19-39-11-13-40(14-12-39)28-4-3-5-30(38-28)44-21-24-7-6-22(18-34)16-25(24)33/h3-10,15-17H,2,11-14,19-21H2,1H3,(H,35,42). The molecule has 0 atom stereocenters. The fraction of sp³-hybridized carbons (Fsp3) is 0.281. The molecule has 0 unspecified atom stereocenters. The first-order chi connectivity index (χ1) is 21.5. The molecule has 224 valence electrons. The number of carbonyl (C=O) groups excluding carboxylic acids is 1. The maximum absolute atomic E-state index is 14.3. The van der Waals surface area contributed by atoms with Crippen LogP contribution in [0.15, 0.2) is 71.5 Å². The first-order valence-corrected chi connectivity index (χ1v) is 14.4. The number of hydrogen-bond donors (Lipinski definition) is 1. The quantitative estimate of drug-likeness (QED) is 0.254. The SMILES string of the molecule is CCNC(=O)c1ccc2nc(CN3CCN(c4cccc(OCc5ccc(C#N)cc5F)n4)CC3)n(Cc3ncco3)c2c1. The minimum Gasteiger partial charge on any atom is -0.473 e. The van der Waals surface area contributed by atoms with Crippen molar-refractivity contribution in [3.05, 3.63) is 101 Å². The van der Waals surface area contributed by atoms with Gasteiger partial charge in [0.25, 0.3) is 5.91 Å². The molecular formula is C32H31FN8O3. The van der Waals surface area contributed by atoms with E-state index < -0.39 is 5.82 Å². The van der Waals surface area contributed by atoms with Crippen molar-refractivity contribution in [3.8, 4) is 11.9 Å². The number of amides is 1. The van der Waals surface area contributed by atoms with Crippen molar-refractivity contribution in [1.82, 2.24) is 29.7 Å². The number of nitrogens with one attached hydrogen (secondary N) is 1. The Labute approximate surface area is 253 Å². The van der Waals surface area contributed by atoms with E-state index in [0.717, 1.165) is 48.9 Å². The van der Waals surface area contributed by atoms with Crippen LogP contribution < -0.4 is 15.0 Å². The van der Waals surface area contributed by atoms with E-state index in [4.69, 9.17) is 19.4 Å². The van der Waals surface area contributed by atoms with E-state index in [0.29, 0.717) is 42.5 Å². The topological polar surface area (TPSA) is 125 Å². The Morgan fingerprint density at radius 1 is 1.09 bits per heavy atom. The summed E-state index contributed by atoms with van der Waals surface area (Å²) in [7, 11) is 0. The summed E-state index contributed by atoms with van der Waals surface area (Å²) in [4.78, 5) is 30.9. The number of fused-ring (bicyclic) bond motifs is 1. The Bertz CT molecular complexity index is 1810. The molecule has 2 aromatic carbocycles. The van der Waals surface area contributed by atoms with E-state index in [2.05, 4.69) is 29.7 Å². The predicted molar refractivity (Wildman–Crippen MR) is 161 cm³/mol. The summed E-state index contributed by atoms with van der Waals surface area (Å²) in [6.45, 7) is 6.56. The number of piperazine rings is 1. The summed E-state index contributed by atoms with van der Waals surface area (Å²) >= 11 is 0. The summed E-state index contributed by atoms with van der Waals surface area (Å²) < 4.78 is 27.7. The van der Waals surface area contributed by atoms with Crippen molar-refractivity contribution in [3.63, 3.8) is 0 Å². The lowest BCUT2D eigenvalue weighted by molar-refractivity contribution is 0.0956. The Morgan fingerprint density at radius 2 is 1.95 bits per heavy atom. The largest absolute Gasteiger partial charge is 0.473 e. The number of carbonyl (C=O) groups is 1. The third-order valence-corrected chi connectivity index (χ3v) is 7.53. The van der Waals surface area contributed by atoms with Gasteiger partial charge in [0.1, 0.15) is 36.9 Å². The number of halogens is 1. The second-order valence-corrected chi connectivity index (χ2v) is 10.4. The highest BCUT2D eigenvalue weighted by Crippen LogP contribution is 2.23. The van der Waals surface area contributed by atoms with Crippen LogP contribution in [0.4, 0.5) is 10.2 Å². The highest BCUT2D eigenvalue weighted by atomic mass is 19.1. The van der Waals surface area contributed by atoms with Crippen molar-refractivity contribution >= 4 is 22.8 Å². The van der Waals surface area contributed by atoms with Crippen molar-refractivity contribution in [1.29, 1.82) is 5.26 Å². The molecule has 0 spiro atoms. The molecule has 11 nitrogen and oxygen atoms in total. The van der Waals surface area contributed by atoms with Crippen LogP contribution >= 0.6 is 0 Å². The summed E-state index contributed by atoms with van der Waals surface area (Å²) in [6.07, 6.45) is 3.17. The van der Waals surface area contributed by atoms with E-state index in [-0.39, 0.29) is 18.1 Å². The number of oxazole rings is 1. The molecule has 0 saturated carbocycles. The maximum atomic E-state index is 14.3. The van der Waals surface area contributed by atoms with Gasteiger partial charge in [-0.15, -0.1) is 0 Å². The fourth-order valence-corrected chi connectivity index (χ4v) is 5.22. The van der Waals surface area contributed by atoms with Crippen molar-refractivity contribution < 1.29 is 18.3 Å². The molecule has 6 rings (SSSR count). The van der Waals surface area contributed by atoms with Crippen LogP contribution in [0.5, 0.6) is 5.88 Å². The van der Waals surface area contributed by atoms with E-state index in [1.54, 1.807) is 36.7 Å². The highest BCUT2D eigenvalue weighted by Gasteiger charge is 2.22. The Balaban J connectivity index is 1.13. The van der Waals surface area contributed by atoms with E-state index >= 15 is 0 Å². The van der Waals surface area contributed by atoms with Crippen LogP contribution in [0.2, 0.25) is 0 Å². The number of nitrogens with zero attached hydrogens (tertiary/aromatic N) is 7. The molecule has 1 aliphatic rings. The molecular weight excluding hydrogens is 563 g/mol. The first-order valence-electron chi connectivity index (χ1n) is 14.4. The summed E-state index contributed by atoms with van der Waals surface area (Å²) in [6, 6.07) is 17.4. The number of aromatic nitrogens is 4. The van der Waals surface area contributed by atoms with Crippen molar-refractivity contribution in [2.75, 3.05) is 37.6 Å². The predicted octanol–water partition coefficient (Wildman–Crippen LogP) is 4.13. The van der Waals surface area contributed by atoms with Crippen LogP contribution in [0.3, 0.4) is 0 Å². The van der Waals surface area contributed by atoms with Gasteiger partial charge in [0, 0.05) is 49.9 Å². The second kappa shape index (κ2) is 12.9. The fourth-order valence-electron chi connectivity index (χ4n) is 5.22. The molecule has 0 aliphatic carbocycles. The van der Waals surface area contributed by atoms with E-state index in [1.165, 1.54) is 6.07 Å². The average Bonchev–Trinajstić information content (AvgIpc) is 3.69. The molecule has 3 aromatic heterocycles. The maximum Gasteiger partial charge on any atom is 0.251 e. The molecule has 4 heterocycles. The van der Waals surface area contributed by atoms with Gasteiger partial charge in [-0.2, -0.15) is 10.2 Å². The lowest BCUT2D eigenvalue weighted by atomic mass is 10.1. The van der Waals surface area contributed by atoms with Gasteiger partial charge >= 0.3 is 0 Å². The highest BCUT2D eigenvalue weighted by molar-refractivity contribution is 5.97. The van der Waals surface area contributed by atoms with Gasteiger partial charge in [-0.3, -0.25) is 9.69 Å². The number of ether oxygens (including phenoxy) is 1. The zero-order valence-corrected chi connectivity index (χ0v) is 24.2. The zero-order valence-electron chi connectivity index (χ0n) is 24.2. The van der Waals surface area contributed by atoms with Gasteiger partial charge < -0.3 is 23.9 Å². The minimum absolute atomic E-state index is 0.0149. The van der Waals surface area contributed by atoms with Gasteiger partial charge in [0.15, 0.2) is 0 Å². The number of nitriles is 1. The minimum atomic E-state index is -0.479. The van der Waals surface area contributed by atoms with Crippen molar-refractivity contribution in [2.45, 2.75) is 26.6 Å². The summed E-state index contributed by atoms with van der Waals surface area (Å²) in [5.41, 5.74) is 2.86. The molecule has 44 heavy (non-hydrogen) atoms. The Kier molecular flexibility index (Phi) is 8.47. The van der Waals surface area contributed by atoms with Crippen LogP contribution in [0.1, 0.15) is 40.1 Å². The normalized spacial score (nSPS) is 13.6. The zero-order chi connectivity index (χ0) is 30.5. The monoisotopic (exact) mass is 594 g/mol. The Morgan fingerprint density at radius 3 is 2.70 bits per heavy atom. The first kappa shape index (κ1) is 28.8. The van der Waals surface area contributed by atoms with Gasteiger partial charge in [-0.1, -0.05) is 12.1 Å². The molecule has 1 amide bonds. The Hall–Kier alpha value is -5.28. The molecule has 1 fully saturated rings. The number of pyridine rings is 1. The van der Waals surface area contributed by atoms with Crippen LogP contribution in [0.25, 0.3) is 11.0 Å². The van der Waals surface area contributed by atoms with Crippen LogP contribution in [-0.2, 0) is 19.7 Å². The van der Waals surface area contributed by atoms with Crippen LogP contribution in [-0.4, -0.2) is 63.0 Å². The summed E-state index contributed by atoms with van der Waals surface area (Å²) in [5.74, 6) is 2.02. The number of rotatable bonds is 10. The average molecular weight is 595 g/mol. The lowest BCUT2D eigenvalue weighted by Crippen LogP contribution is -2.46. The number of hydrogen-bond acceptors (Lipinski definition) is 9. The van der Waals surface area contributed by atoms with Gasteiger partial charge in [-0.25, -0.2) is 14.4 Å². The van der Waals surface area contributed by atoms with Crippen molar-refractivity contribution in [2.24, 2.45) is 0 Å². The summed E-state index contributed by atoms with van der Waals surface area (Å²) in [5, 5.41) is 11.8.